The molecule has 3 aromatic heterocycles. The van der Waals surface area contributed by atoms with Gasteiger partial charge in [-0.05, 0) is 37.0 Å². The number of aromatic nitrogens is 4. The third-order valence-corrected chi connectivity index (χ3v) is 4.03. The molecule has 0 radical (unpaired) electrons. The van der Waals surface area contributed by atoms with Gasteiger partial charge in [-0.25, -0.2) is 9.97 Å². The molecule has 1 amide bonds. The Balaban J connectivity index is 1.76. The molecule has 6 heteroatoms. The molecule has 0 atom stereocenters. The predicted molar refractivity (Wildman–Crippen MR) is 86.0 cm³/mol. The molecule has 1 aliphatic rings. The summed E-state index contributed by atoms with van der Waals surface area (Å²) in [5.41, 5.74) is 4.65. The molecule has 0 fully saturated rings. The zero-order chi connectivity index (χ0) is 15.6. The number of aryl methyl sites for hydroxylation is 2. The number of hydrogen-bond acceptors (Lipinski definition) is 4. The lowest BCUT2D eigenvalue weighted by Crippen LogP contribution is -2.13. The number of rotatable bonds is 2. The summed E-state index contributed by atoms with van der Waals surface area (Å²) in [5, 5.41) is 2.81. The number of amides is 1. The minimum atomic E-state index is -0.195. The van der Waals surface area contributed by atoms with Crippen LogP contribution >= 0.6 is 0 Å². The number of hydrogen-bond donors (Lipinski definition) is 2. The van der Waals surface area contributed by atoms with Gasteiger partial charge in [0.1, 0.15) is 12.1 Å². The Morgan fingerprint density at radius 2 is 2.13 bits per heavy atom. The van der Waals surface area contributed by atoms with Crippen LogP contribution in [-0.4, -0.2) is 25.8 Å². The van der Waals surface area contributed by atoms with Gasteiger partial charge in [0.15, 0.2) is 0 Å². The number of carbonyl (C=O) groups excluding carboxylic acids is 1. The molecule has 3 aromatic rings. The van der Waals surface area contributed by atoms with Crippen LogP contribution < -0.4 is 5.32 Å². The number of fused-ring (bicyclic) bond motifs is 3. The van der Waals surface area contributed by atoms with Crippen molar-refractivity contribution >= 4 is 11.7 Å². The fourth-order valence-electron chi connectivity index (χ4n) is 2.98. The largest absolute Gasteiger partial charge is 0.364 e. The molecule has 0 bridgehead atoms. The molecule has 23 heavy (non-hydrogen) atoms. The van der Waals surface area contributed by atoms with Crippen molar-refractivity contribution in [1.82, 2.24) is 19.9 Å². The minimum Gasteiger partial charge on any atom is -0.364 e. The van der Waals surface area contributed by atoms with E-state index in [9.17, 15) is 4.79 Å². The highest BCUT2D eigenvalue weighted by atomic mass is 16.1. The monoisotopic (exact) mass is 305 g/mol. The Kier molecular flexibility index (Phi) is 3.34. The van der Waals surface area contributed by atoms with Crippen LogP contribution in [0.3, 0.4) is 0 Å². The normalized spacial score (nSPS) is 12.9. The lowest BCUT2D eigenvalue weighted by atomic mass is 10.0. The molecule has 4 rings (SSSR count). The average molecular weight is 305 g/mol. The maximum absolute atomic E-state index is 12.6. The topological polar surface area (TPSA) is 83.6 Å². The van der Waals surface area contributed by atoms with E-state index in [0.29, 0.717) is 11.4 Å². The number of carbonyl (C=O) groups is 1. The molecule has 0 spiro atoms. The van der Waals surface area contributed by atoms with Crippen molar-refractivity contribution < 1.29 is 4.79 Å². The summed E-state index contributed by atoms with van der Waals surface area (Å²) in [7, 11) is 0. The van der Waals surface area contributed by atoms with E-state index < -0.39 is 0 Å². The van der Waals surface area contributed by atoms with Gasteiger partial charge >= 0.3 is 0 Å². The molecule has 114 valence electrons. The second-order valence-corrected chi connectivity index (χ2v) is 5.47. The Hall–Kier alpha value is -3.02. The van der Waals surface area contributed by atoms with Crippen molar-refractivity contribution in [3.05, 3.63) is 59.9 Å². The standard InChI is InChI=1S/C17H15N5O/c23-17(22-14-6-8-18-10-21-14)12-9-20-13-5-1-3-11-4-2-7-19-16(11)15(12)13/h2,4,6-10,20H,1,3,5H2,(H,18,21,22,23). The number of nitrogens with zero attached hydrogens (tertiary/aromatic N) is 3. The third kappa shape index (κ3) is 2.48. The summed E-state index contributed by atoms with van der Waals surface area (Å²) in [6.45, 7) is 0. The predicted octanol–water partition coefficient (Wildman–Crippen LogP) is 2.61. The molecule has 0 aliphatic heterocycles. The summed E-state index contributed by atoms with van der Waals surface area (Å²) in [5.74, 6) is 0.287. The smallest absolute Gasteiger partial charge is 0.259 e. The Morgan fingerprint density at radius 3 is 3.00 bits per heavy atom. The van der Waals surface area contributed by atoms with E-state index in [1.54, 1.807) is 24.7 Å². The molecule has 1 aliphatic carbocycles. The number of H-pyrrole nitrogens is 1. The second kappa shape index (κ2) is 5.64. The molecule has 6 nitrogen and oxygen atoms in total. The highest BCUT2D eigenvalue weighted by Crippen LogP contribution is 2.33. The van der Waals surface area contributed by atoms with Crippen LogP contribution in [0.5, 0.6) is 0 Å². The lowest BCUT2D eigenvalue weighted by Gasteiger charge is -2.08. The van der Waals surface area contributed by atoms with Crippen molar-refractivity contribution in [3.8, 4) is 11.3 Å². The number of anilines is 1. The van der Waals surface area contributed by atoms with Crippen molar-refractivity contribution in [2.24, 2.45) is 0 Å². The molecule has 3 heterocycles. The van der Waals surface area contributed by atoms with Crippen LogP contribution in [-0.2, 0) is 12.8 Å². The Bertz CT molecular complexity index is 856. The zero-order valence-electron chi connectivity index (χ0n) is 12.4. The highest BCUT2D eigenvalue weighted by Gasteiger charge is 2.24. The highest BCUT2D eigenvalue weighted by molar-refractivity contribution is 6.08. The van der Waals surface area contributed by atoms with Crippen LogP contribution in [0.2, 0.25) is 0 Å². The van der Waals surface area contributed by atoms with Gasteiger partial charge in [-0.2, -0.15) is 0 Å². The van der Waals surface area contributed by atoms with E-state index in [-0.39, 0.29) is 5.91 Å². The molecule has 0 saturated carbocycles. The maximum atomic E-state index is 12.6. The van der Waals surface area contributed by atoms with Crippen LogP contribution in [0.4, 0.5) is 5.82 Å². The average Bonchev–Trinajstić information content (AvgIpc) is 2.92. The van der Waals surface area contributed by atoms with Crippen LogP contribution in [0.1, 0.15) is 28.0 Å². The van der Waals surface area contributed by atoms with E-state index in [1.807, 2.05) is 6.07 Å². The van der Waals surface area contributed by atoms with E-state index in [4.69, 9.17) is 0 Å². The molecule has 0 saturated heterocycles. The summed E-state index contributed by atoms with van der Waals surface area (Å²) in [6.07, 6.45) is 9.45. The van der Waals surface area contributed by atoms with Crippen LogP contribution in [0.15, 0.2) is 43.1 Å². The fraction of sp³-hybridized carbons (Fsp3) is 0.176. The van der Waals surface area contributed by atoms with E-state index in [2.05, 4.69) is 31.3 Å². The molecular formula is C17H15N5O. The first-order chi connectivity index (χ1) is 11.3. The van der Waals surface area contributed by atoms with E-state index in [1.165, 1.54) is 11.9 Å². The second-order valence-electron chi connectivity index (χ2n) is 5.47. The quantitative estimate of drug-likeness (QED) is 0.762. The zero-order valence-corrected chi connectivity index (χ0v) is 12.4. The van der Waals surface area contributed by atoms with Gasteiger partial charge in [-0.3, -0.25) is 9.78 Å². The van der Waals surface area contributed by atoms with Crippen molar-refractivity contribution in [2.75, 3.05) is 5.32 Å². The molecule has 2 N–H and O–H groups in total. The van der Waals surface area contributed by atoms with Crippen LogP contribution in [0.25, 0.3) is 11.3 Å². The van der Waals surface area contributed by atoms with Gasteiger partial charge in [0, 0.05) is 29.8 Å². The third-order valence-electron chi connectivity index (χ3n) is 4.03. The Morgan fingerprint density at radius 1 is 1.17 bits per heavy atom. The van der Waals surface area contributed by atoms with Crippen LogP contribution in [0, 0.1) is 0 Å². The number of pyridine rings is 1. The molecule has 0 unspecified atom stereocenters. The van der Waals surface area contributed by atoms with Gasteiger partial charge in [0.2, 0.25) is 0 Å². The van der Waals surface area contributed by atoms with Crippen molar-refractivity contribution in [2.45, 2.75) is 19.3 Å². The summed E-state index contributed by atoms with van der Waals surface area (Å²) in [6, 6.07) is 5.68. The van der Waals surface area contributed by atoms with Gasteiger partial charge in [0.05, 0.1) is 11.3 Å². The summed E-state index contributed by atoms with van der Waals surface area (Å²) < 4.78 is 0. The van der Waals surface area contributed by atoms with E-state index in [0.717, 1.165) is 36.2 Å². The fourth-order valence-corrected chi connectivity index (χ4v) is 2.98. The maximum Gasteiger partial charge on any atom is 0.259 e. The first-order valence-corrected chi connectivity index (χ1v) is 7.55. The van der Waals surface area contributed by atoms with Gasteiger partial charge in [0.25, 0.3) is 5.91 Å². The summed E-state index contributed by atoms with van der Waals surface area (Å²) >= 11 is 0. The van der Waals surface area contributed by atoms with Gasteiger partial charge in [-0.15, -0.1) is 0 Å². The van der Waals surface area contributed by atoms with Gasteiger partial charge in [-0.1, -0.05) is 6.07 Å². The minimum absolute atomic E-state index is 0.195. The molecular weight excluding hydrogens is 290 g/mol. The number of aromatic amines is 1. The molecule has 0 aromatic carbocycles. The van der Waals surface area contributed by atoms with E-state index >= 15 is 0 Å². The lowest BCUT2D eigenvalue weighted by molar-refractivity contribution is 0.102. The van der Waals surface area contributed by atoms with Crippen molar-refractivity contribution in [1.29, 1.82) is 0 Å². The number of nitrogens with one attached hydrogen (secondary N) is 2. The first-order valence-electron chi connectivity index (χ1n) is 7.55. The Labute approximate surface area is 133 Å². The first kappa shape index (κ1) is 13.6. The summed E-state index contributed by atoms with van der Waals surface area (Å²) in [4.78, 5) is 28.3. The van der Waals surface area contributed by atoms with Crippen molar-refractivity contribution in [3.63, 3.8) is 0 Å². The van der Waals surface area contributed by atoms with Gasteiger partial charge < -0.3 is 10.3 Å². The SMILES string of the molecule is O=C(Nc1ccncn1)c1c[nH]c2c1-c1ncccc1CCC2.